The maximum Gasteiger partial charge on any atom is 0.161 e. The van der Waals surface area contributed by atoms with Gasteiger partial charge in [0.05, 0.1) is 16.8 Å². The van der Waals surface area contributed by atoms with Crippen molar-refractivity contribution in [2.75, 3.05) is 0 Å². The fraction of sp³-hybridized carbons (Fsp3) is 0.0714. The molecule has 278 valence electrons. The Morgan fingerprint density at radius 3 is 1.63 bits per heavy atom. The van der Waals surface area contributed by atoms with Gasteiger partial charge in [-0.05, 0) is 73.8 Å². The molecule has 12 rings (SSSR count). The van der Waals surface area contributed by atoms with Gasteiger partial charge in [0.2, 0.25) is 0 Å². The second-order valence-corrected chi connectivity index (χ2v) is 16.4. The first-order valence-corrected chi connectivity index (χ1v) is 20.4. The Kier molecular flexibility index (Phi) is 7.19. The Balaban J connectivity index is 1.18. The number of nitrogens with zero attached hydrogens (tertiary/aromatic N) is 2. The predicted molar refractivity (Wildman–Crippen MR) is 240 cm³/mol. The molecule has 0 fully saturated rings. The minimum Gasteiger partial charge on any atom is -0.455 e. The third-order valence-electron chi connectivity index (χ3n) is 13.0. The molecule has 3 nitrogen and oxygen atoms in total. The highest BCUT2D eigenvalue weighted by molar-refractivity contribution is 6.09. The molecule has 2 heterocycles. The van der Waals surface area contributed by atoms with Crippen LogP contribution in [0.4, 0.5) is 0 Å². The van der Waals surface area contributed by atoms with Gasteiger partial charge in [-0.3, -0.25) is 0 Å². The molecule has 0 N–H and O–H groups in total. The van der Waals surface area contributed by atoms with E-state index in [1.165, 1.54) is 55.6 Å². The largest absolute Gasteiger partial charge is 0.455 e. The van der Waals surface area contributed by atoms with Gasteiger partial charge in [0.1, 0.15) is 11.2 Å². The van der Waals surface area contributed by atoms with Gasteiger partial charge in [-0.15, -0.1) is 0 Å². The van der Waals surface area contributed by atoms with Crippen molar-refractivity contribution in [1.82, 2.24) is 9.97 Å². The van der Waals surface area contributed by atoms with Crippen LogP contribution in [0.25, 0.3) is 78.1 Å². The molecule has 0 atom stereocenters. The van der Waals surface area contributed by atoms with E-state index in [2.05, 4.69) is 196 Å². The number of para-hydroxylation sites is 2. The Bertz CT molecular complexity index is 3260. The Labute approximate surface area is 343 Å². The summed E-state index contributed by atoms with van der Waals surface area (Å²) in [6.07, 6.45) is 0. The molecular formula is C56H38N2O. The minimum atomic E-state index is -0.529. The zero-order valence-corrected chi connectivity index (χ0v) is 32.8. The van der Waals surface area contributed by atoms with Crippen LogP contribution in [0.2, 0.25) is 0 Å². The van der Waals surface area contributed by atoms with Crippen LogP contribution in [-0.4, -0.2) is 9.97 Å². The number of furan rings is 1. The van der Waals surface area contributed by atoms with Crippen molar-refractivity contribution in [2.24, 2.45) is 0 Å². The number of hydrogen-bond donors (Lipinski definition) is 0. The molecule has 0 saturated carbocycles. The molecule has 0 bridgehead atoms. The second kappa shape index (κ2) is 12.6. The SMILES string of the molecule is CC1(C)c2ccccc2-c2c(-c3nc(-c4cccc5c4-c4ccccc4C5(c4ccccc4)c4ccccc4)cc(-c4cccc5c4oc4ccccc45)n3)cccc21. The van der Waals surface area contributed by atoms with Crippen LogP contribution in [-0.2, 0) is 10.8 Å². The first kappa shape index (κ1) is 33.7. The van der Waals surface area contributed by atoms with Gasteiger partial charge in [0, 0.05) is 32.9 Å². The molecule has 2 aromatic heterocycles. The molecule has 2 aliphatic rings. The molecule has 0 amide bonds. The van der Waals surface area contributed by atoms with Crippen LogP contribution in [0.15, 0.2) is 199 Å². The van der Waals surface area contributed by atoms with Crippen LogP contribution in [0.1, 0.15) is 47.2 Å². The van der Waals surface area contributed by atoms with Crippen molar-refractivity contribution in [3.05, 3.63) is 228 Å². The normalized spacial score (nSPS) is 14.2. The summed E-state index contributed by atoms with van der Waals surface area (Å²) in [4.78, 5) is 11.1. The molecule has 0 saturated heterocycles. The molecule has 59 heavy (non-hydrogen) atoms. The molecule has 0 aliphatic heterocycles. The number of benzene rings is 8. The summed E-state index contributed by atoms with van der Waals surface area (Å²) < 4.78 is 6.66. The van der Waals surface area contributed by atoms with Crippen LogP contribution in [0.5, 0.6) is 0 Å². The van der Waals surface area contributed by atoms with E-state index in [4.69, 9.17) is 14.4 Å². The zero-order chi connectivity index (χ0) is 39.3. The number of fused-ring (bicyclic) bond motifs is 9. The first-order chi connectivity index (χ1) is 29.0. The third-order valence-corrected chi connectivity index (χ3v) is 13.0. The zero-order valence-electron chi connectivity index (χ0n) is 32.8. The van der Waals surface area contributed by atoms with Gasteiger partial charge >= 0.3 is 0 Å². The molecule has 8 aromatic carbocycles. The van der Waals surface area contributed by atoms with Crippen LogP contribution >= 0.6 is 0 Å². The van der Waals surface area contributed by atoms with Gasteiger partial charge in [-0.1, -0.05) is 190 Å². The predicted octanol–water partition coefficient (Wildman–Crippen LogP) is 14.0. The lowest BCUT2D eigenvalue weighted by Gasteiger charge is -2.33. The Morgan fingerprint density at radius 1 is 0.390 bits per heavy atom. The monoisotopic (exact) mass is 754 g/mol. The molecule has 0 unspecified atom stereocenters. The summed E-state index contributed by atoms with van der Waals surface area (Å²) in [6, 6.07) is 69.9. The highest BCUT2D eigenvalue weighted by atomic mass is 16.3. The Hall–Kier alpha value is -7.36. The van der Waals surface area contributed by atoms with E-state index in [1.807, 2.05) is 12.1 Å². The molecule has 2 aliphatic carbocycles. The maximum absolute atomic E-state index is 6.66. The summed E-state index contributed by atoms with van der Waals surface area (Å²) in [5.74, 6) is 0.691. The summed E-state index contributed by atoms with van der Waals surface area (Å²) in [6.45, 7) is 4.64. The van der Waals surface area contributed by atoms with Crippen LogP contribution in [0.3, 0.4) is 0 Å². The van der Waals surface area contributed by atoms with Crippen molar-refractivity contribution < 1.29 is 4.42 Å². The van der Waals surface area contributed by atoms with Gasteiger partial charge < -0.3 is 4.42 Å². The molecule has 0 radical (unpaired) electrons. The topological polar surface area (TPSA) is 38.9 Å². The summed E-state index contributed by atoms with van der Waals surface area (Å²) >= 11 is 0. The van der Waals surface area contributed by atoms with Crippen molar-refractivity contribution in [2.45, 2.75) is 24.7 Å². The van der Waals surface area contributed by atoms with E-state index in [9.17, 15) is 0 Å². The lowest BCUT2D eigenvalue weighted by Crippen LogP contribution is -2.28. The van der Waals surface area contributed by atoms with E-state index in [1.54, 1.807) is 0 Å². The average Bonchev–Trinajstić information content (AvgIpc) is 3.91. The van der Waals surface area contributed by atoms with Crippen molar-refractivity contribution in [3.63, 3.8) is 0 Å². The fourth-order valence-electron chi connectivity index (χ4n) is 10.4. The van der Waals surface area contributed by atoms with Crippen LogP contribution in [0, 0.1) is 0 Å². The fourth-order valence-corrected chi connectivity index (χ4v) is 10.4. The number of rotatable bonds is 5. The van der Waals surface area contributed by atoms with Crippen LogP contribution < -0.4 is 0 Å². The third kappa shape index (κ3) is 4.70. The number of hydrogen-bond acceptors (Lipinski definition) is 3. The molecule has 10 aromatic rings. The van der Waals surface area contributed by atoms with Crippen molar-refractivity contribution >= 4 is 21.9 Å². The highest BCUT2D eigenvalue weighted by Crippen LogP contribution is 2.58. The number of aromatic nitrogens is 2. The summed E-state index contributed by atoms with van der Waals surface area (Å²) in [5, 5.41) is 2.16. The van der Waals surface area contributed by atoms with Gasteiger partial charge in [0.15, 0.2) is 5.82 Å². The molecule has 3 heteroatoms. The maximum atomic E-state index is 6.66. The lowest BCUT2D eigenvalue weighted by molar-refractivity contribution is 0.660. The standard InChI is InChI=1S/C56H38N2O/c1-55(2)44-29-12-9-23-39(44)52-43(28-17-31-46(52)55)54-57-48(34-49(58-54)42-27-15-25-38-37-22-11-14-33-50(37)59-53(38)42)41-26-16-32-47-51(41)40-24-10-13-30-45(40)56(47,35-18-5-3-6-19-35)36-20-7-4-8-21-36/h3-34H,1-2H3. The minimum absolute atomic E-state index is 0.162. The molecular weight excluding hydrogens is 717 g/mol. The van der Waals surface area contributed by atoms with E-state index in [0.717, 1.165) is 50.0 Å². The van der Waals surface area contributed by atoms with Gasteiger partial charge in [-0.2, -0.15) is 0 Å². The van der Waals surface area contributed by atoms with Crippen molar-refractivity contribution in [3.8, 4) is 56.2 Å². The van der Waals surface area contributed by atoms with Gasteiger partial charge in [-0.25, -0.2) is 9.97 Å². The second-order valence-electron chi connectivity index (χ2n) is 16.4. The van der Waals surface area contributed by atoms with Gasteiger partial charge in [0.25, 0.3) is 0 Å². The summed E-state index contributed by atoms with van der Waals surface area (Å²) in [5.41, 5.74) is 18.1. The van der Waals surface area contributed by atoms with E-state index in [0.29, 0.717) is 5.82 Å². The van der Waals surface area contributed by atoms with E-state index >= 15 is 0 Å². The Morgan fingerprint density at radius 2 is 0.881 bits per heavy atom. The summed E-state index contributed by atoms with van der Waals surface area (Å²) in [7, 11) is 0. The average molecular weight is 755 g/mol. The van der Waals surface area contributed by atoms with E-state index in [-0.39, 0.29) is 5.41 Å². The highest BCUT2D eigenvalue weighted by Gasteiger charge is 2.47. The lowest BCUT2D eigenvalue weighted by atomic mass is 9.67. The molecule has 0 spiro atoms. The van der Waals surface area contributed by atoms with Crippen molar-refractivity contribution in [1.29, 1.82) is 0 Å². The first-order valence-electron chi connectivity index (χ1n) is 20.4. The quantitative estimate of drug-likeness (QED) is 0.176. The van der Waals surface area contributed by atoms with E-state index < -0.39 is 5.41 Å². The smallest absolute Gasteiger partial charge is 0.161 e.